The van der Waals surface area contributed by atoms with E-state index in [0.717, 1.165) is 51.9 Å². The molecular weight excluding hydrogens is 290 g/mol. The van der Waals surface area contributed by atoms with Crippen LogP contribution in [0.5, 0.6) is 5.75 Å². The summed E-state index contributed by atoms with van der Waals surface area (Å²) in [6, 6.07) is 6.61. The number of nitrogens with zero attached hydrogens (tertiary/aromatic N) is 1. The lowest BCUT2D eigenvalue weighted by Crippen LogP contribution is -2.63. The van der Waals surface area contributed by atoms with Crippen LogP contribution in [0.3, 0.4) is 0 Å². The van der Waals surface area contributed by atoms with Crippen molar-refractivity contribution in [1.82, 2.24) is 4.90 Å². The van der Waals surface area contributed by atoms with Crippen LogP contribution < -0.4 is 0 Å². The van der Waals surface area contributed by atoms with Crippen molar-refractivity contribution in [3.8, 4) is 5.75 Å². The zero-order chi connectivity index (χ0) is 15.7. The smallest absolute Gasteiger partial charge is 0.169 e. The number of piperidine rings is 1. The molecule has 0 amide bonds. The average molecular weight is 315 g/mol. The van der Waals surface area contributed by atoms with E-state index in [1.807, 2.05) is 12.1 Å². The van der Waals surface area contributed by atoms with Crippen molar-refractivity contribution in [2.24, 2.45) is 5.92 Å². The van der Waals surface area contributed by atoms with E-state index >= 15 is 0 Å². The Hall–Kier alpha value is -1.10. The van der Waals surface area contributed by atoms with Crippen LogP contribution in [0.2, 0.25) is 0 Å². The summed E-state index contributed by atoms with van der Waals surface area (Å²) in [6.45, 7) is 2.56. The van der Waals surface area contributed by atoms with E-state index in [1.54, 1.807) is 0 Å². The minimum atomic E-state index is -0.378. The molecule has 3 atom stereocenters. The number of ether oxygens (including phenoxy) is 2. The van der Waals surface area contributed by atoms with Crippen molar-refractivity contribution in [2.45, 2.75) is 49.3 Å². The minimum absolute atomic E-state index is 0.103. The number of phenolic OH excluding ortho intramolecular Hbond substituents is 1. The first kappa shape index (κ1) is 14.3. The SMILES string of the molecule is CN1CC[C@]23CC4(CC[C@H]2[C@H]1Cc1ccc(O)cc13)OCCO4. The monoisotopic (exact) mass is 315 g/mol. The fourth-order valence-electron chi connectivity index (χ4n) is 5.94. The summed E-state index contributed by atoms with van der Waals surface area (Å²) >= 11 is 0. The van der Waals surface area contributed by atoms with Crippen molar-refractivity contribution < 1.29 is 14.6 Å². The lowest BCUT2D eigenvalue weighted by atomic mass is 9.51. The lowest BCUT2D eigenvalue weighted by Gasteiger charge is -2.60. The summed E-state index contributed by atoms with van der Waals surface area (Å²) in [7, 11) is 2.27. The van der Waals surface area contributed by atoms with Crippen molar-refractivity contribution >= 4 is 0 Å². The molecule has 3 fully saturated rings. The normalized spacial score (nSPS) is 38.3. The van der Waals surface area contributed by atoms with Crippen LogP contribution in [-0.4, -0.2) is 48.6 Å². The highest BCUT2D eigenvalue weighted by atomic mass is 16.7. The predicted octanol–water partition coefficient (Wildman–Crippen LogP) is 2.43. The van der Waals surface area contributed by atoms with Gasteiger partial charge in [-0.3, -0.25) is 0 Å². The van der Waals surface area contributed by atoms with Crippen LogP contribution in [0.4, 0.5) is 0 Å². The molecule has 0 radical (unpaired) electrons. The van der Waals surface area contributed by atoms with E-state index in [2.05, 4.69) is 18.0 Å². The molecule has 5 rings (SSSR count). The van der Waals surface area contributed by atoms with Gasteiger partial charge in [0.2, 0.25) is 0 Å². The summed E-state index contributed by atoms with van der Waals surface area (Å²) in [6.07, 6.45) is 5.36. The van der Waals surface area contributed by atoms with E-state index in [1.165, 1.54) is 11.1 Å². The molecular formula is C19H25NO3. The zero-order valence-corrected chi connectivity index (χ0v) is 13.8. The lowest BCUT2D eigenvalue weighted by molar-refractivity contribution is -0.212. The molecule has 2 heterocycles. The van der Waals surface area contributed by atoms with Crippen LogP contribution >= 0.6 is 0 Å². The molecule has 2 aliphatic carbocycles. The Bertz CT molecular complexity index is 640. The second-order valence-electron chi connectivity index (χ2n) is 7.93. The van der Waals surface area contributed by atoms with Gasteiger partial charge in [0.15, 0.2) is 5.79 Å². The van der Waals surface area contributed by atoms with Gasteiger partial charge < -0.3 is 19.5 Å². The van der Waals surface area contributed by atoms with E-state index in [0.29, 0.717) is 17.7 Å². The summed E-state index contributed by atoms with van der Waals surface area (Å²) < 4.78 is 12.2. The third-order valence-corrected chi connectivity index (χ3v) is 6.94. The summed E-state index contributed by atoms with van der Waals surface area (Å²) in [4.78, 5) is 2.55. The van der Waals surface area contributed by atoms with E-state index in [4.69, 9.17) is 9.47 Å². The van der Waals surface area contributed by atoms with Crippen LogP contribution in [0.25, 0.3) is 0 Å². The molecule has 1 aromatic carbocycles. The molecule has 1 N–H and O–H groups in total. The molecule has 124 valence electrons. The molecule has 1 aromatic rings. The Morgan fingerprint density at radius 1 is 1.22 bits per heavy atom. The summed E-state index contributed by atoms with van der Waals surface area (Å²) in [5.74, 6) is 0.660. The second kappa shape index (κ2) is 4.71. The Balaban J connectivity index is 1.66. The molecule has 1 spiro atoms. The van der Waals surface area contributed by atoms with E-state index in [-0.39, 0.29) is 11.2 Å². The Kier molecular flexibility index (Phi) is 2.92. The van der Waals surface area contributed by atoms with Crippen molar-refractivity contribution in [3.63, 3.8) is 0 Å². The average Bonchev–Trinajstić information content (AvgIpc) is 2.99. The maximum Gasteiger partial charge on any atom is 0.169 e. The summed E-state index contributed by atoms with van der Waals surface area (Å²) in [5.41, 5.74) is 2.88. The van der Waals surface area contributed by atoms with Crippen LogP contribution in [0.15, 0.2) is 18.2 Å². The number of rotatable bonds is 0. The Morgan fingerprint density at radius 3 is 2.87 bits per heavy atom. The summed E-state index contributed by atoms with van der Waals surface area (Å²) in [5, 5.41) is 10.1. The fourth-order valence-corrected chi connectivity index (χ4v) is 5.94. The van der Waals surface area contributed by atoms with Gasteiger partial charge in [0, 0.05) is 24.3 Å². The van der Waals surface area contributed by atoms with E-state index < -0.39 is 0 Å². The van der Waals surface area contributed by atoms with Gasteiger partial charge >= 0.3 is 0 Å². The molecule has 0 unspecified atom stereocenters. The number of likely N-dealkylation sites (N-methyl/N-ethyl adjacent to an activating group) is 1. The second-order valence-corrected chi connectivity index (χ2v) is 7.93. The number of likely N-dealkylation sites (tertiary alicyclic amines) is 1. The van der Waals surface area contributed by atoms with E-state index in [9.17, 15) is 5.11 Å². The molecule has 0 aromatic heterocycles. The molecule has 23 heavy (non-hydrogen) atoms. The maximum atomic E-state index is 10.1. The highest BCUT2D eigenvalue weighted by Crippen LogP contribution is 2.59. The quantitative estimate of drug-likeness (QED) is 0.798. The fraction of sp³-hybridized carbons (Fsp3) is 0.684. The Morgan fingerprint density at radius 2 is 2.04 bits per heavy atom. The highest BCUT2D eigenvalue weighted by Gasteiger charge is 2.60. The number of benzene rings is 1. The first-order valence-corrected chi connectivity index (χ1v) is 8.93. The van der Waals surface area contributed by atoms with Crippen molar-refractivity contribution in [3.05, 3.63) is 29.3 Å². The van der Waals surface area contributed by atoms with Gasteiger partial charge in [0.05, 0.1) is 13.2 Å². The highest BCUT2D eigenvalue weighted by molar-refractivity contribution is 5.45. The largest absolute Gasteiger partial charge is 0.508 e. The topological polar surface area (TPSA) is 41.9 Å². The van der Waals surface area contributed by atoms with Crippen LogP contribution in [0.1, 0.15) is 36.8 Å². The number of hydrogen-bond acceptors (Lipinski definition) is 4. The zero-order valence-electron chi connectivity index (χ0n) is 13.8. The van der Waals surface area contributed by atoms with Gasteiger partial charge in [-0.2, -0.15) is 0 Å². The number of fused-ring (bicyclic) bond motifs is 1. The molecule has 4 nitrogen and oxygen atoms in total. The molecule has 1 saturated carbocycles. The van der Waals surface area contributed by atoms with Gasteiger partial charge in [-0.15, -0.1) is 0 Å². The van der Waals surface area contributed by atoms with Crippen LogP contribution in [0, 0.1) is 5.92 Å². The van der Waals surface area contributed by atoms with Gasteiger partial charge in [0.1, 0.15) is 5.75 Å². The number of hydrogen-bond donors (Lipinski definition) is 1. The minimum Gasteiger partial charge on any atom is -0.508 e. The van der Waals surface area contributed by atoms with Gasteiger partial charge in [-0.25, -0.2) is 0 Å². The van der Waals surface area contributed by atoms with Gasteiger partial charge in [-0.1, -0.05) is 6.07 Å². The van der Waals surface area contributed by atoms with Gasteiger partial charge in [0.25, 0.3) is 0 Å². The third-order valence-electron chi connectivity index (χ3n) is 6.94. The standard InChI is InChI=1S/C19H25NO3/c1-20-7-6-18-12-19(22-8-9-23-19)5-4-15(18)17(20)10-13-2-3-14(21)11-16(13)18/h2-3,11,15,17,21H,4-10,12H2,1H3/t15-,17+,18-/m0/s1. The third kappa shape index (κ3) is 1.89. The molecule has 4 heteroatoms. The molecule has 2 bridgehead atoms. The molecule has 2 saturated heterocycles. The van der Waals surface area contributed by atoms with Crippen LogP contribution in [-0.2, 0) is 21.3 Å². The van der Waals surface area contributed by atoms with Gasteiger partial charge in [-0.05, 0) is 62.0 Å². The predicted molar refractivity (Wildman–Crippen MR) is 86.5 cm³/mol. The van der Waals surface area contributed by atoms with Crippen molar-refractivity contribution in [1.29, 1.82) is 0 Å². The number of phenols is 1. The first-order chi connectivity index (χ1) is 11.1. The molecule has 4 aliphatic rings. The first-order valence-electron chi connectivity index (χ1n) is 8.93. The maximum absolute atomic E-state index is 10.1. The molecule has 2 aliphatic heterocycles. The Labute approximate surface area is 137 Å². The van der Waals surface area contributed by atoms with Crippen molar-refractivity contribution in [2.75, 3.05) is 26.8 Å². The number of aromatic hydroxyl groups is 1.